The fourth-order valence-electron chi connectivity index (χ4n) is 3.18. The number of hydrogen-bond donors (Lipinski definition) is 1. The highest BCUT2D eigenvalue weighted by Gasteiger charge is 2.16. The normalized spacial score (nSPS) is 15.3. The van der Waals surface area contributed by atoms with Crippen LogP contribution in [0.3, 0.4) is 0 Å². The summed E-state index contributed by atoms with van der Waals surface area (Å²) in [6, 6.07) is 12.5. The lowest BCUT2D eigenvalue weighted by molar-refractivity contribution is -0.384. The van der Waals surface area contributed by atoms with Crippen LogP contribution in [0.4, 0.5) is 17.1 Å². The van der Waals surface area contributed by atoms with Gasteiger partial charge in [-0.3, -0.25) is 10.1 Å². The maximum Gasteiger partial charge on any atom is 0.271 e. The van der Waals surface area contributed by atoms with Crippen molar-refractivity contribution in [3.8, 4) is 0 Å². The van der Waals surface area contributed by atoms with Gasteiger partial charge in [0.1, 0.15) is 0 Å². The summed E-state index contributed by atoms with van der Waals surface area (Å²) in [7, 11) is 0. The Morgan fingerprint density at radius 2 is 1.87 bits per heavy atom. The number of rotatable bonds is 4. The van der Waals surface area contributed by atoms with E-state index in [9.17, 15) is 10.1 Å². The molecule has 2 aromatic rings. The first-order chi connectivity index (χ1) is 11.1. The smallest absolute Gasteiger partial charge is 0.271 e. The number of benzene rings is 2. The van der Waals surface area contributed by atoms with Gasteiger partial charge in [0, 0.05) is 17.8 Å². The molecule has 1 N–H and O–H groups in total. The summed E-state index contributed by atoms with van der Waals surface area (Å²) < 4.78 is 0. The summed E-state index contributed by atoms with van der Waals surface area (Å²) >= 11 is 6.40. The summed E-state index contributed by atoms with van der Waals surface area (Å²) in [6.45, 7) is 0. The van der Waals surface area contributed by atoms with Gasteiger partial charge in [-0.1, -0.05) is 43.0 Å². The Morgan fingerprint density at radius 3 is 2.57 bits per heavy atom. The van der Waals surface area contributed by atoms with Crippen LogP contribution in [-0.4, -0.2) is 4.92 Å². The molecule has 4 nitrogen and oxygen atoms in total. The Hall–Kier alpha value is -2.07. The number of halogens is 1. The van der Waals surface area contributed by atoms with Crippen LogP contribution in [0.25, 0.3) is 0 Å². The van der Waals surface area contributed by atoms with E-state index in [-0.39, 0.29) is 5.69 Å². The molecule has 0 aliphatic heterocycles. The number of nitro groups is 1. The number of nitrogens with zero attached hydrogens (tertiary/aromatic N) is 1. The van der Waals surface area contributed by atoms with Gasteiger partial charge in [-0.15, -0.1) is 0 Å². The largest absolute Gasteiger partial charge is 0.354 e. The topological polar surface area (TPSA) is 55.2 Å². The molecule has 0 bridgehead atoms. The molecule has 2 aromatic carbocycles. The Bertz CT molecular complexity index is 712. The highest BCUT2D eigenvalue weighted by atomic mass is 35.5. The number of nitrogens with one attached hydrogen (secondary N) is 1. The Balaban J connectivity index is 1.78. The Labute approximate surface area is 140 Å². The van der Waals surface area contributed by atoms with Crippen molar-refractivity contribution in [3.63, 3.8) is 0 Å². The summed E-state index contributed by atoms with van der Waals surface area (Å²) in [5, 5.41) is 14.7. The summed E-state index contributed by atoms with van der Waals surface area (Å²) in [5.74, 6) is 0.605. The Kier molecular flexibility index (Phi) is 4.82. The second kappa shape index (κ2) is 7.01. The van der Waals surface area contributed by atoms with Crippen LogP contribution in [0.2, 0.25) is 5.02 Å². The average Bonchev–Trinajstić information content (AvgIpc) is 2.58. The minimum absolute atomic E-state index is 0.0601. The molecule has 0 amide bonds. The van der Waals surface area contributed by atoms with Crippen molar-refractivity contribution < 1.29 is 4.92 Å². The lowest BCUT2D eigenvalue weighted by Crippen LogP contribution is -2.04. The molecule has 0 atom stereocenters. The highest BCUT2D eigenvalue weighted by molar-refractivity contribution is 6.33. The lowest BCUT2D eigenvalue weighted by atomic mass is 9.84. The van der Waals surface area contributed by atoms with Crippen molar-refractivity contribution >= 4 is 28.7 Å². The first-order valence-electron chi connectivity index (χ1n) is 7.94. The first-order valence-corrected chi connectivity index (χ1v) is 8.32. The third kappa shape index (κ3) is 3.82. The van der Waals surface area contributed by atoms with Crippen LogP contribution < -0.4 is 5.32 Å². The molecule has 0 aromatic heterocycles. The van der Waals surface area contributed by atoms with Gasteiger partial charge < -0.3 is 5.32 Å². The predicted molar refractivity (Wildman–Crippen MR) is 93.7 cm³/mol. The van der Waals surface area contributed by atoms with E-state index >= 15 is 0 Å². The standard InChI is InChI=1S/C18H19ClN2O2/c19-17-11-14(13-5-2-1-3-6-13)9-10-18(17)20-15-7-4-8-16(12-15)21(22)23/h4,7-13,20H,1-3,5-6H2. The molecule has 120 valence electrons. The molecule has 3 rings (SSSR count). The Morgan fingerprint density at radius 1 is 1.09 bits per heavy atom. The summed E-state index contributed by atoms with van der Waals surface area (Å²) in [6.07, 6.45) is 6.37. The van der Waals surface area contributed by atoms with Crippen LogP contribution >= 0.6 is 11.6 Å². The third-order valence-corrected chi connectivity index (χ3v) is 4.72. The summed E-state index contributed by atoms with van der Waals surface area (Å²) in [4.78, 5) is 10.4. The maximum atomic E-state index is 10.8. The minimum atomic E-state index is -0.404. The molecule has 1 aliphatic rings. The molecule has 0 heterocycles. The molecule has 1 saturated carbocycles. The molecule has 0 unspecified atom stereocenters. The predicted octanol–water partition coefficient (Wildman–Crippen LogP) is 6.04. The molecule has 0 radical (unpaired) electrons. The second-order valence-corrected chi connectivity index (χ2v) is 6.41. The van der Waals surface area contributed by atoms with Gasteiger partial charge in [-0.25, -0.2) is 0 Å². The zero-order chi connectivity index (χ0) is 16.2. The van der Waals surface area contributed by atoms with E-state index in [4.69, 9.17) is 11.6 Å². The van der Waals surface area contributed by atoms with Crippen LogP contribution in [0.15, 0.2) is 42.5 Å². The quantitative estimate of drug-likeness (QED) is 0.549. The molecule has 5 heteroatoms. The fraction of sp³-hybridized carbons (Fsp3) is 0.333. The maximum absolute atomic E-state index is 10.8. The summed E-state index contributed by atoms with van der Waals surface area (Å²) in [5.41, 5.74) is 2.78. The highest BCUT2D eigenvalue weighted by Crippen LogP contribution is 2.36. The monoisotopic (exact) mass is 330 g/mol. The zero-order valence-electron chi connectivity index (χ0n) is 12.8. The average molecular weight is 331 g/mol. The minimum Gasteiger partial charge on any atom is -0.354 e. The van der Waals surface area contributed by atoms with E-state index in [1.54, 1.807) is 12.1 Å². The molecular weight excluding hydrogens is 312 g/mol. The molecule has 0 spiro atoms. The van der Waals surface area contributed by atoms with Gasteiger partial charge in [-0.05, 0) is 42.5 Å². The van der Waals surface area contributed by atoms with Crippen molar-refractivity contribution in [2.75, 3.05) is 5.32 Å². The zero-order valence-corrected chi connectivity index (χ0v) is 13.6. The van der Waals surface area contributed by atoms with Crippen LogP contribution in [0.5, 0.6) is 0 Å². The van der Waals surface area contributed by atoms with Gasteiger partial charge >= 0.3 is 0 Å². The van der Waals surface area contributed by atoms with Crippen molar-refractivity contribution in [1.29, 1.82) is 0 Å². The van der Waals surface area contributed by atoms with Crippen LogP contribution in [0.1, 0.15) is 43.6 Å². The van der Waals surface area contributed by atoms with E-state index in [0.717, 1.165) is 5.69 Å². The van der Waals surface area contributed by atoms with E-state index in [2.05, 4.69) is 11.4 Å². The first kappa shape index (κ1) is 15.8. The van der Waals surface area contributed by atoms with Crippen molar-refractivity contribution in [1.82, 2.24) is 0 Å². The molecule has 0 saturated heterocycles. The van der Waals surface area contributed by atoms with E-state index in [0.29, 0.717) is 16.6 Å². The number of hydrogen-bond acceptors (Lipinski definition) is 3. The van der Waals surface area contributed by atoms with Crippen molar-refractivity contribution in [3.05, 3.63) is 63.2 Å². The van der Waals surface area contributed by atoms with Crippen LogP contribution in [-0.2, 0) is 0 Å². The van der Waals surface area contributed by atoms with E-state index in [1.165, 1.54) is 49.8 Å². The molecule has 1 fully saturated rings. The molecule has 1 aliphatic carbocycles. The van der Waals surface area contributed by atoms with Crippen molar-refractivity contribution in [2.45, 2.75) is 38.0 Å². The van der Waals surface area contributed by atoms with Crippen LogP contribution in [0, 0.1) is 10.1 Å². The van der Waals surface area contributed by atoms with Gasteiger partial charge in [-0.2, -0.15) is 0 Å². The van der Waals surface area contributed by atoms with E-state index in [1.807, 2.05) is 12.1 Å². The van der Waals surface area contributed by atoms with Gasteiger partial charge in [0.05, 0.1) is 15.6 Å². The number of non-ortho nitro benzene ring substituents is 1. The lowest BCUT2D eigenvalue weighted by Gasteiger charge is -2.22. The van der Waals surface area contributed by atoms with Gasteiger partial charge in [0.25, 0.3) is 5.69 Å². The number of nitro benzene ring substituents is 1. The molecular formula is C18H19ClN2O2. The SMILES string of the molecule is O=[N+]([O-])c1cccc(Nc2ccc(C3CCCCC3)cc2Cl)c1. The molecule has 23 heavy (non-hydrogen) atoms. The second-order valence-electron chi connectivity index (χ2n) is 6.01. The fourth-order valence-corrected chi connectivity index (χ4v) is 3.41. The van der Waals surface area contributed by atoms with E-state index < -0.39 is 4.92 Å². The number of anilines is 2. The third-order valence-electron chi connectivity index (χ3n) is 4.41. The van der Waals surface area contributed by atoms with Gasteiger partial charge in [0.2, 0.25) is 0 Å². The van der Waals surface area contributed by atoms with Gasteiger partial charge in [0.15, 0.2) is 0 Å². The van der Waals surface area contributed by atoms with Crippen molar-refractivity contribution in [2.24, 2.45) is 0 Å².